The first-order valence-electron chi connectivity index (χ1n) is 5.19. The summed E-state index contributed by atoms with van der Waals surface area (Å²) < 4.78 is 5.34. The third-order valence-corrected chi connectivity index (χ3v) is 1.79. The molecule has 0 saturated carbocycles. The Hall–Kier alpha value is -2.04. The van der Waals surface area contributed by atoms with Gasteiger partial charge in [0.15, 0.2) is 6.61 Å². The Kier molecular flexibility index (Phi) is 5.00. The van der Waals surface area contributed by atoms with Crippen molar-refractivity contribution in [2.75, 3.05) is 13.2 Å². The van der Waals surface area contributed by atoms with E-state index in [4.69, 9.17) is 14.7 Å². The summed E-state index contributed by atoms with van der Waals surface area (Å²) >= 11 is 0. The van der Waals surface area contributed by atoms with Crippen LogP contribution in [0.3, 0.4) is 0 Å². The molecule has 1 rings (SSSR count). The molecule has 5 heteroatoms. The number of nitrogens with zero attached hydrogens (tertiary/aromatic N) is 1. The third-order valence-electron chi connectivity index (χ3n) is 1.79. The van der Waals surface area contributed by atoms with Crippen molar-refractivity contribution in [1.29, 1.82) is 0 Å². The van der Waals surface area contributed by atoms with Crippen LogP contribution in [0.4, 0.5) is 0 Å². The van der Waals surface area contributed by atoms with Crippen molar-refractivity contribution < 1.29 is 19.5 Å². The molecule has 0 unspecified atom stereocenters. The van der Waals surface area contributed by atoms with Gasteiger partial charge in [-0.1, -0.05) is 5.16 Å². The van der Waals surface area contributed by atoms with Gasteiger partial charge in [0.2, 0.25) is 0 Å². The number of carbonyl (C=O) groups is 1. The molecule has 0 spiro atoms. The van der Waals surface area contributed by atoms with Crippen molar-refractivity contribution in [2.45, 2.75) is 13.8 Å². The molecule has 0 aliphatic heterocycles. The van der Waals surface area contributed by atoms with E-state index in [0.717, 1.165) is 5.71 Å². The van der Waals surface area contributed by atoms with Crippen molar-refractivity contribution in [3.63, 3.8) is 0 Å². The van der Waals surface area contributed by atoms with Crippen LogP contribution in [0.5, 0.6) is 5.75 Å². The molecule has 17 heavy (non-hydrogen) atoms. The number of hydrogen-bond acceptors (Lipinski definition) is 4. The minimum Gasteiger partial charge on any atom is -0.490 e. The first kappa shape index (κ1) is 13.0. The number of ether oxygens (including phenoxy) is 1. The van der Waals surface area contributed by atoms with Crippen LogP contribution in [-0.4, -0.2) is 30.0 Å². The van der Waals surface area contributed by atoms with Gasteiger partial charge in [0, 0.05) is 0 Å². The fourth-order valence-electron chi connectivity index (χ4n) is 1.07. The molecule has 0 saturated heterocycles. The van der Waals surface area contributed by atoms with E-state index in [1.54, 1.807) is 12.1 Å². The van der Waals surface area contributed by atoms with E-state index in [0.29, 0.717) is 19.0 Å². The van der Waals surface area contributed by atoms with E-state index in [2.05, 4.69) is 5.16 Å². The second-order valence-electron chi connectivity index (χ2n) is 3.55. The second-order valence-corrected chi connectivity index (χ2v) is 3.55. The molecule has 1 aromatic rings. The highest BCUT2D eigenvalue weighted by molar-refractivity contribution is 5.87. The van der Waals surface area contributed by atoms with Crippen molar-refractivity contribution in [1.82, 2.24) is 0 Å². The van der Waals surface area contributed by atoms with Crippen molar-refractivity contribution in [3.8, 4) is 5.75 Å². The summed E-state index contributed by atoms with van der Waals surface area (Å²) in [7, 11) is 0. The van der Waals surface area contributed by atoms with Gasteiger partial charge >= 0.3 is 5.97 Å². The van der Waals surface area contributed by atoms with E-state index >= 15 is 0 Å². The SMILES string of the molecule is CC(C)=NOCCOc1ccc(C(=O)O)cc1. The highest BCUT2D eigenvalue weighted by Crippen LogP contribution is 2.11. The molecule has 5 nitrogen and oxygen atoms in total. The summed E-state index contributed by atoms with van der Waals surface area (Å²) in [5, 5.41) is 12.5. The third kappa shape index (κ3) is 5.01. The summed E-state index contributed by atoms with van der Waals surface area (Å²) in [5.74, 6) is -0.344. The maximum absolute atomic E-state index is 10.6. The minimum absolute atomic E-state index is 0.236. The van der Waals surface area contributed by atoms with E-state index in [1.165, 1.54) is 12.1 Å². The predicted octanol–water partition coefficient (Wildman–Crippen LogP) is 2.18. The lowest BCUT2D eigenvalue weighted by Gasteiger charge is -2.05. The standard InChI is InChI=1S/C12H15NO4/c1-9(2)13-17-8-7-16-11-5-3-10(4-6-11)12(14)15/h3-6H,7-8H2,1-2H3,(H,14,15). The fourth-order valence-corrected chi connectivity index (χ4v) is 1.07. The number of carboxylic acid groups (broad SMARTS) is 1. The number of rotatable bonds is 6. The maximum atomic E-state index is 10.6. The van der Waals surface area contributed by atoms with Gasteiger partial charge < -0.3 is 14.7 Å². The number of carboxylic acids is 1. The van der Waals surface area contributed by atoms with Gasteiger partial charge in [-0.3, -0.25) is 0 Å². The lowest BCUT2D eigenvalue weighted by molar-refractivity contribution is 0.0696. The highest BCUT2D eigenvalue weighted by atomic mass is 16.6. The monoisotopic (exact) mass is 237 g/mol. The molecule has 1 aromatic carbocycles. The topological polar surface area (TPSA) is 68.1 Å². The van der Waals surface area contributed by atoms with Gasteiger partial charge in [0.25, 0.3) is 0 Å². The summed E-state index contributed by atoms with van der Waals surface area (Å²) in [6.45, 7) is 4.39. The molecule has 0 fully saturated rings. The summed E-state index contributed by atoms with van der Waals surface area (Å²) in [6.07, 6.45) is 0. The van der Waals surface area contributed by atoms with E-state index in [-0.39, 0.29) is 5.56 Å². The molecule has 0 heterocycles. The molecule has 0 aliphatic rings. The second kappa shape index (κ2) is 6.52. The Balaban J connectivity index is 2.32. The Morgan fingerprint density at radius 3 is 2.41 bits per heavy atom. The molecule has 0 amide bonds. The van der Waals surface area contributed by atoms with E-state index in [1.807, 2.05) is 13.8 Å². The van der Waals surface area contributed by atoms with Crippen LogP contribution in [0.1, 0.15) is 24.2 Å². The lowest BCUT2D eigenvalue weighted by Crippen LogP contribution is -2.05. The lowest BCUT2D eigenvalue weighted by atomic mass is 10.2. The summed E-state index contributed by atoms with van der Waals surface area (Å²) in [6, 6.07) is 6.20. The Labute approximate surface area is 99.7 Å². The van der Waals surface area contributed by atoms with Gasteiger partial charge in [-0.2, -0.15) is 0 Å². The number of benzene rings is 1. The summed E-state index contributed by atoms with van der Waals surface area (Å²) in [4.78, 5) is 15.5. The Bertz CT molecular complexity index is 393. The molecule has 0 aliphatic carbocycles. The molecule has 0 atom stereocenters. The van der Waals surface area contributed by atoms with Crippen molar-refractivity contribution >= 4 is 11.7 Å². The van der Waals surface area contributed by atoms with Crippen LogP contribution in [0, 0.1) is 0 Å². The molecule has 92 valence electrons. The van der Waals surface area contributed by atoms with Crippen molar-refractivity contribution in [2.24, 2.45) is 5.16 Å². The quantitative estimate of drug-likeness (QED) is 0.467. The van der Waals surface area contributed by atoms with Crippen LogP contribution >= 0.6 is 0 Å². The van der Waals surface area contributed by atoms with Crippen LogP contribution in [0.2, 0.25) is 0 Å². The molecule has 1 N–H and O–H groups in total. The van der Waals surface area contributed by atoms with E-state index in [9.17, 15) is 4.79 Å². The first-order chi connectivity index (χ1) is 8.09. The van der Waals surface area contributed by atoms with Gasteiger partial charge in [-0.05, 0) is 38.1 Å². The minimum atomic E-state index is -0.951. The smallest absolute Gasteiger partial charge is 0.335 e. The summed E-state index contributed by atoms with van der Waals surface area (Å²) in [5.41, 5.74) is 1.08. The number of oxime groups is 1. The Morgan fingerprint density at radius 2 is 1.88 bits per heavy atom. The van der Waals surface area contributed by atoms with Crippen LogP contribution in [0.15, 0.2) is 29.4 Å². The highest BCUT2D eigenvalue weighted by Gasteiger charge is 2.01. The average molecular weight is 237 g/mol. The average Bonchev–Trinajstić information content (AvgIpc) is 2.29. The van der Waals surface area contributed by atoms with Crippen molar-refractivity contribution in [3.05, 3.63) is 29.8 Å². The zero-order valence-electron chi connectivity index (χ0n) is 9.84. The molecule has 0 radical (unpaired) electrons. The van der Waals surface area contributed by atoms with Gasteiger partial charge in [-0.15, -0.1) is 0 Å². The van der Waals surface area contributed by atoms with Gasteiger partial charge in [0.05, 0.1) is 11.3 Å². The van der Waals surface area contributed by atoms with Gasteiger partial charge in [-0.25, -0.2) is 4.79 Å². The van der Waals surface area contributed by atoms with Crippen LogP contribution in [0.25, 0.3) is 0 Å². The normalized spacial score (nSPS) is 9.53. The zero-order chi connectivity index (χ0) is 12.7. The van der Waals surface area contributed by atoms with Gasteiger partial charge in [0.1, 0.15) is 12.4 Å². The first-order valence-corrected chi connectivity index (χ1v) is 5.19. The molecular weight excluding hydrogens is 222 g/mol. The largest absolute Gasteiger partial charge is 0.490 e. The van der Waals surface area contributed by atoms with E-state index < -0.39 is 5.97 Å². The number of aromatic carboxylic acids is 1. The molecular formula is C12H15NO4. The fraction of sp³-hybridized carbons (Fsp3) is 0.333. The molecule has 0 aromatic heterocycles. The molecule has 0 bridgehead atoms. The predicted molar refractivity (Wildman–Crippen MR) is 63.6 cm³/mol. The number of hydrogen-bond donors (Lipinski definition) is 1. The Morgan fingerprint density at radius 1 is 1.24 bits per heavy atom. The zero-order valence-corrected chi connectivity index (χ0v) is 9.84. The maximum Gasteiger partial charge on any atom is 0.335 e. The van der Waals surface area contributed by atoms with Crippen LogP contribution < -0.4 is 4.74 Å². The van der Waals surface area contributed by atoms with Crippen LogP contribution in [-0.2, 0) is 4.84 Å².